The van der Waals surface area contributed by atoms with Crippen molar-refractivity contribution in [3.8, 4) is 16.5 Å². The lowest BCUT2D eigenvalue weighted by Crippen LogP contribution is -2.30. The van der Waals surface area contributed by atoms with Gasteiger partial charge < -0.3 is 9.64 Å². The van der Waals surface area contributed by atoms with E-state index in [1.165, 1.54) is 6.08 Å². The number of carbonyl (C=O) groups excluding carboxylic acids is 1. The Labute approximate surface area is 161 Å². The Hall–Kier alpha value is -2.74. The number of hydrogen-bond donors (Lipinski definition) is 0. The summed E-state index contributed by atoms with van der Waals surface area (Å²) < 4.78 is 8.07. The van der Waals surface area contributed by atoms with E-state index in [0.29, 0.717) is 12.4 Å². The molecule has 3 aromatic rings. The van der Waals surface area contributed by atoms with E-state index in [2.05, 4.69) is 16.7 Å². The molecule has 0 spiro atoms. The van der Waals surface area contributed by atoms with Gasteiger partial charge in [0.15, 0.2) is 0 Å². The standard InChI is InChI=1S/C19H21N5O2S/c1-3-18(25)23-9-4-5-14(7-10-23)26-19-16-6-8-21-24(16)12-15(22-19)17-11-20-13(2)27-17/h3,6,8,11-12,14H,1,4-5,7,9-10H2,2H3/t14-/m1/s1. The monoisotopic (exact) mass is 383 g/mol. The molecule has 0 saturated carbocycles. The van der Waals surface area contributed by atoms with Gasteiger partial charge in [-0.2, -0.15) is 5.10 Å². The SMILES string of the molecule is C=CC(=O)N1CCC[C@@H](Oc2nc(-c3cnc(C)s3)cn3nccc23)CC1. The Morgan fingerprint density at radius 1 is 1.41 bits per heavy atom. The van der Waals surface area contributed by atoms with E-state index in [1.807, 2.05) is 30.3 Å². The van der Waals surface area contributed by atoms with Crippen LogP contribution in [0.5, 0.6) is 5.88 Å². The Morgan fingerprint density at radius 3 is 3.07 bits per heavy atom. The van der Waals surface area contributed by atoms with E-state index >= 15 is 0 Å². The topological polar surface area (TPSA) is 72.6 Å². The highest BCUT2D eigenvalue weighted by Gasteiger charge is 2.22. The fraction of sp³-hybridized carbons (Fsp3) is 0.368. The van der Waals surface area contributed by atoms with Crippen LogP contribution in [0.25, 0.3) is 16.1 Å². The summed E-state index contributed by atoms with van der Waals surface area (Å²) in [4.78, 5) is 23.7. The van der Waals surface area contributed by atoms with E-state index in [0.717, 1.165) is 46.9 Å². The molecule has 3 aromatic heterocycles. The summed E-state index contributed by atoms with van der Waals surface area (Å²) in [7, 11) is 0. The van der Waals surface area contributed by atoms with Crippen LogP contribution >= 0.6 is 11.3 Å². The second-order valence-corrected chi connectivity index (χ2v) is 7.77. The molecule has 0 unspecified atom stereocenters. The first-order valence-electron chi connectivity index (χ1n) is 8.99. The van der Waals surface area contributed by atoms with E-state index in [9.17, 15) is 4.79 Å². The number of nitrogens with zero attached hydrogens (tertiary/aromatic N) is 5. The molecule has 1 atom stereocenters. The van der Waals surface area contributed by atoms with Crippen LogP contribution in [0, 0.1) is 6.92 Å². The molecule has 1 saturated heterocycles. The van der Waals surface area contributed by atoms with E-state index in [-0.39, 0.29) is 12.0 Å². The van der Waals surface area contributed by atoms with Crippen molar-refractivity contribution in [2.24, 2.45) is 0 Å². The molecule has 0 aromatic carbocycles. The fourth-order valence-corrected chi connectivity index (χ4v) is 4.01. The third-order valence-electron chi connectivity index (χ3n) is 4.67. The highest BCUT2D eigenvalue weighted by Crippen LogP contribution is 2.29. The van der Waals surface area contributed by atoms with Crippen molar-refractivity contribution in [2.45, 2.75) is 32.3 Å². The molecule has 1 aliphatic rings. The normalized spacial score (nSPS) is 17.7. The van der Waals surface area contributed by atoms with Gasteiger partial charge in [0.25, 0.3) is 0 Å². The molecule has 140 valence electrons. The van der Waals surface area contributed by atoms with E-state index in [1.54, 1.807) is 22.0 Å². The fourth-order valence-electron chi connectivity index (χ4n) is 3.27. The number of aryl methyl sites for hydroxylation is 1. The van der Waals surface area contributed by atoms with Gasteiger partial charge in [-0.15, -0.1) is 11.3 Å². The first-order chi connectivity index (χ1) is 13.1. The van der Waals surface area contributed by atoms with Crippen LogP contribution in [0.15, 0.2) is 37.3 Å². The molecule has 1 aliphatic heterocycles. The molecule has 1 fully saturated rings. The minimum atomic E-state index is -0.0190. The zero-order chi connectivity index (χ0) is 18.8. The summed E-state index contributed by atoms with van der Waals surface area (Å²) in [6.07, 6.45) is 9.39. The van der Waals surface area contributed by atoms with Crippen molar-refractivity contribution >= 4 is 22.8 Å². The lowest BCUT2D eigenvalue weighted by molar-refractivity contribution is -0.126. The third kappa shape index (κ3) is 3.71. The van der Waals surface area contributed by atoms with Crippen molar-refractivity contribution in [1.29, 1.82) is 0 Å². The van der Waals surface area contributed by atoms with E-state index in [4.69, 9.17) is 9.72 Å². The van der Waals surface area contributed by atoms with E-state index < -0.39 is 0 Å². The van der Waals surface area contributed by atoms with Crippen molar-refractivity contribution < 1.29 is 9.53 Å². The number of thiazole rings is 1. The molecule has 0 aliphatic carbocycles. The minimum absolute atomic E-state index is 0.0114. The molecule has 8 heteroatoms. The number of likely N-dealkylation sites (tertiary alicyclic amines) is 1. The molecular formula is C19H21N5O2S. The van der Waals surface area contributed by atoms with Gasteiger partial charge in [-0.05, 0) is 31.9 Å². The van der Waals surface area contributed by atoms with Gasteiger partial charge in [-0.1, -0.05) is 6.58 Å². The molecule has 0 N–H and O–H groups in total. The van der Waals surface area contributed by atoms with Gasteiger partial charge in [0.05, 0.1) is 22.3 Å². The maximum absolute atomic E-state index is 11.9. The smallest absolute Gasteiger partial charge is 0.245 e. The summed E-state index contributed by atoms with van der Waals surface area (Å²) in [5.41, 5.74) is 1.63. The van der Waals surface area contributed by atoms with Gasteiger partial charge in [-0.25, -0.2) is 14.5 Å². The number of hydrogen-bond acceptors (Lipinski definition) is 6. The van der Waals surface area contributed by atoms with Gasteiger partial charge in [0, 0.05) is 25.7 Å². The predicted molar refractivity (Wildman–Crippen MR) is 104 cm³/mol. The largest absolute Gasteiger partial charge is 0.473 e. The molecule has 0 bridgehead atoms. The number of carbonyl (C=O) groups is 1. The first-order valence-corrected chi connectivity index (χ1v) is 9.81. The van der Waals surface area contributed by atoms with Crippen molar-refractivity contribution in [1.82, 2.24) is 24.5 Å². The number of ether oxygens (including phenoxy) is 1. The van der Waals surface area contributed by atoms with Gasteiger partial charge in [0.1, 0.15) is 17.3 Å². The van der Waals surface area contributed by atoms with Crippen molar-refractivity contribution in [2.75, 3.05) is 13.1 Å². The van der Waals surface area contributed by atoms with Crippen LogP contribution in [0.1, 0.15) is 24.3 Å². The summed E-state index contributed by atoms with van der Waals surface area (Å²) in [5.74, 6) is 0.555. The van der Waals surface area contributed by atoms with Gasteiger partial charge in [0.2, 0.25) is 11.8 Å². The van der Waals surface area contributed by atoms with Crippen LogP contribution in [0.3, 0.4) is 0 Å². The molecule has 4 heterocycles. The zero-order valence-electron chi connectivity index (χ0n) is 15.2. The van der Waals surface area contributed by atoms with Crippen LogP contribution in [-0.4, -0.2) is 49.6 Å². The average molecular weight is 383 g/mol. The molecule has 7 nitrogen and oxygen atoms in total. The number of fused-ring (bicyclic) bond motifs is 1. The summed E-state index contributed by atoms with van der Waals surface area (Å²) in [5, 5.41) is 5.34. The predicted octanol–water partition coefficient (Wildman–Crippen LogP) is 3.11. The Bertz CT molecular complexity index is 980. The quantitative estimate of drug-likeness (QED) is 0.647. The second-order valence-electron chi connectivity index (χ2n) is 6.54. The Morgan fingerprint density at radius 2 is 2.30 bits per heavy atom. The van der Waals surface area contributed by atoms with Crippen molar-refractivity contribution in [3.05, 3.63) is 42.3 Å². The number of rotatable bonds is 4. The van der Waals surface area contributed by atoms with Gasteiger partial charge in [-0.3, -0.25) is 4.79 Å². The zero-order valence-corrected chi connectivity index (χ0v) is 16.0. The van der Waals surface area contributed by atoms with Crippen molar-refractivity contribution in [3.63, 3.8) is 0 Å². The number of amides is 1. The lowest BCUT2D eigenvalue weighted by atomic mass is 10.1. The van der Waals surface area contributed by atoms with Gasteiger partial charge >= 0.3 is 0 Å². The highest BCUT2D eigenvalue weighted by atomic mass is 32.1. The summed E-state index contributed by atoms with van der Waals surface area (Å²) >= 11 is 1.59. The lowest BCUT2D eigenvalue weighted by Gasteiger charge is -2.19. The summed E-state index contributed by atoms with van der Waals surface area (Å²) in [6.45, 7) is 6.95. The number of aromatic nitrogens is 4. The minimum Gasteiger partial charge on any atom is -0.473 e. The Balaban J connectivity index is 1.59. The molecule has 4 rings (SSSR count). The molecular weight excluding hydrogens is 362 g/mol. The first kappa shape index (κ1) is 17.7. The second kappa shape index (κ2) is 7.48. The highest BCUT2D eigenvalue weighted by molar-refractivity contribution is 7.15. The third-order valence-corrected chi connectivity index (χ3v) is 5.60. The molecule has 0 radical (unpaired) electrons. The van der Waals surface area contributed by atoms with Crippen LogP contribution in [0.4, 0.5) is 0 Å². The molecule has 27 heavy (non-hydrogen) atoms. The maximum Gasteiger partial charge on any atom is 0.245 e. The molecule has 1 amide bonds. The Kier molecular flexibility index (Phi) is 4.89. The van der Waals surface area contributed by atoms with Crippen LogP contribution in [0.2, 0.25) is 0 Å². The maximum atomic E-state index is 11.9. The van der Waals surface area contributed by atoms with Crippen LogP contribution in [-0.2, 0) is 4.79 Å². The summed E-state index contributed by atoms with van der Waals surface area (Å²) in [6, 6.07) is 1.90. The average Bonchev–Trinajstić information content (AvgIpc) is 3.26. The van der Waals surface area contributed by atoms with Crippen LogP contribution < -0.4 is 4.74 Å².